The van der Waals surface area contributed by atoms with Crippen molar-refractivity contribution in [1.82, 2.24) is 5.32 Å². The highest BCUT2D eigenvalue weighted by atomic mass is 16.5. The molecule has 1 aliphatic heterocycles. The van der Waals surface area contributed by atoms with Crippen molar-refractivity contribution in [3.05, 3.63) is 0 Å². The maximum Gasteiger partial charge on any atom is 0.326 e. The molecule has 0 aromatic rings. The van der Waals surface area contributed by atoms with Gasteiger partial charge in [0.2, 0.25) is 0 Å². The molecule has 18 heavy (non-hydrogen) atoms. The molecule has 2 aliphatic rings. The fourth-order valence-electron chi connectivity index (χ4n) is 2.59. The van der Waals surface area contributed by atoms with Gasteiger partial charge in [-0.15, -0.1) is 0 Å². The molecule has 1 saturated carbocycles. The number of nitrogens with one attached hydrogen (secondary N) is 1. The van der Waals surface area contributed by atoms with Crippen LogP contribution in [-0.2, 0) is 14.3 Å². The van der Waals surface area contributed by atoms with E-state index in [4.69, 9.17) is 9.47 Å². The Morgan fingerprint density at radius 3 is 2.78 bits per heavy atom. The standard InChI is InChI=1S/C14H25NO3/c1-10(2)12-8-14(6-7-18-12,13(16)17-3)15-9-11-4-5-11/h10-12,15H,4-9H2,1-3H3. The quantitative estimate of drug-likeness (QED) is 0.760. The van der Waals surface area contributed by atoms with Gasteiger partial charge in [-0.2, -0.15) is 0 Å². The fraction of sp³-hybridized carbons (Fsp3) is 0.929. The number of carbonyl (C=O) groups excluding carboxylic acids is 1. The molecule has 0 bridgehead atoms. The zero-order valence-electron chi connectivity index (χ0n) is 11.7. The Morgan fingerprint density at radius 1 is 1.50 bits per heavy atom. The van der Waals surface area contributed by atoms with Gasteiger partial charge in [-0.1, -0.05) is 13.8 Å². The molecular weight excluding hydrogens is 230 g/mol. The molecule has 2 rings (SSSR count). The van der Waals surface area contributed by atoms with Crippen molar-refractivity contribution in [2.45, 2.75) is 51.2 Å². The van der Waals surface area contributed by atoms with Gasteiger partial charge in [-0.3, -0.25) is 4.79 Å². The van der Waals surface area contributed by atoms with Crippen LogP contribution in [0.2, 0.25) is 0 Å². The average molecular weight is 255 g/mol. The first-order valence-corrected chi connectivity index (χ1v) is 7.02. The van der Waals surface area contributed by atoms with Crippen molar-refractivity contribution in [3.8, 4) is 0 Å². The Bertz CT molecular complexity index is 301. The van der Waals surface area contributed by atoms with E-state index in [1.165, 1.54) is 20.0 Å². The van der Waals surface area contributed by atoms with Crippen LogP contribution in [0.5, 0.6) is 0 Å². The minimum atomic E-state index is -0.523. The number of carbonyl (C=O) groups is 1. The molecule has 1 heterocycles. The van der Waals surface area contributed by atoms with Gasteiger partial charge in [0.15, 0.2) is 0 Å². The van der Waals surface area contributed by atoms with Gasteiger partial charge < -0.3 is 14.8 Å². The summed E-state index contributed by atoms with van der Waals surface area (Å²) in [6.07, 6.45) is 4.16. The van der Waals surface area contributed by atoms with Crippen LogP contribution in [-0.4, -0.2) is 37.9 Å². The average Bonchev–Trinajstić information content (AvgIpc) is 3.19. The van der Waals surface area contributed by atoms with Crippen LogP contribution in [0.3, 0.4) is 0 Å². The van der Waals surface area contributed by atoms with Crippen LogP contribution in [0.1, 0.15) is 39.5 Å². The Morgan fingerprint density at radius 2 is 2.22 bits per heavy atom. The summed E-state index contributed by atoms with van der Waals surface area (Å²) in [6.45, 7) is 5.84. The molecule has 2 unspecified atom stereocenters. The molecule has 2 fully saturated rings. The van der Waals surface area contributed by atoms with Gasteiger partial charge in [0.05, 0.1) is 13.2 Å². The SMILES string of the molecule is COC(=O)C1(NCC2CC2)CCOC(C(C)C)C1. The van der Waals surface area contributed by atoms with E-state index in [9.17, 15) is 4.79 Å². The summed E-state index contributed by atoms with van der Waals surface area (Å²) in [7, 11) is 1.47. The Kier molecular flexibility index (Phi) is 4.28. The molecule has 1 saturated heterocycles. The summed E-state index contributed by atoms with van der Waals surface area (Å²) in [5, 5.41) is 3.48. The molecule has 0 radical (unpaired) electrons. The second-order valence-corrected chi connectivity index (χ2v) is 6.01. The molecule has 4 nitrogen and oxygen atoms in total. The fourth-order valence-corrected chi connectivity index (χ4v) is 2.59. The molecule has 1 N–H and O–H groups in total. The largest absolute Gasteiger partial charge is 0.468 e. The van der Waals surface area contributed by atoms with Crippen LogP contribution in [0.4, 0.5) is 0 Å². The van der Waals surface area contributed by atoms with E-state index in [0.717, 1.165) is 25.3 Å². The first-order valence-electron chi connectivity index (χ1n) is 7.02. The van der Waals surface area contributed by atoms with E-state index in [-0.39, 0.29) is 12.1 Å². The van der Waals surface area contributed by atoms with Crippen molar-refractivity contribution in [3.63, 3.8) is 0 Å². The van der Waals surface area contributed by atoms with Crippen molar-refractivity contribution in [2.24, 2.45) is 11.8 Å². The summed E-state index contributed by atoms with van der Waals surface area (Å²) >= 11 is 0. The Hall–Kier alpha value is -0.610. The molecule has 0 amide bonds. The highest BCUT2D eigenvalue weighted by molar-refractivity contribution is 5.81. The lowest BCUT2D eigenvalue weighted by Gasteiger charge is -2.40. The molecule has 0 aromatic carbocycles. The van der Waals surface area contributed by atoms with Crippen molar-refractivity contribution in [1.29, 1.82) is 0 Å². The molecule has 0 spiro atoms. The predicted octanol–water partition coefficient (Wildman–Crippen LogP) is 1.73. The van der Waals surface area contributed by atoms with E-state index in [1.807, 2.05) is 0 Å². The number of rotatable bonds is 5. The maximum absolute atomic E-state index is 12.1. The smallest absolute Gasteiger partial charge is 0.326 e. The maximum atomic E-state index is 12.1. The summed E-state index contributed by atoms with van der Waals surface area (Å²) in [6, 6.07) is 0. The lowest BCUT2D eigenvalue weighted by Crippen LogP contribution is -2.59. The number of methoxy groups -OCH3 is 1. The number of ether oxygens (including phenoxy) is 2. The monoisotopic (exact) mass is 255 g/mol. The third-order valence-electron chi connectivity index (χ3n) is 4.16. The van der Waals surface area contributed by atoms with Crippen LogP contribution >= 0.6 is 0 Å². The van der Waals surface area contributed by atoms with Crippen LogP contribution in [0, 0.1) is 11.8 Å². The van der Waals surface area contributed by atoms with E-state index >= 15 is 0 Å². The zero-order valence-corrected chi connectivity index (χ0v) is 11.7. The van der Waals surface area contributed by atoms with Crippen molar-refractivity contribution < 1.29 is 14.3 Å². The minimum absolute atomic E-state index is 0.128. The summed E-state index contributed by atoms with van der Waals surface area (Å²) in [5.41, 5.74) is -0.523. The van der Waals surface area contributed by atoms with Crippen molar-refractivity contribution in [2.75, 3.05) is 20.3 Å². The molecule has 1 aliphatic carbocycles. The highest BCUT2D eigenvalue weighted by Gasteiger charge is 2.45. The van der Waals surface area contributed by atoms with Crippen LogP contribution < -0.4 is 5.32 Å². The van der Waals surface area contributed by atoms with Crippen molar-refractivity contribution >= 4 is 5.97 Å². The van der Waals surface area contributed by atoms with Gasteiger partial charge in [0.1, 0.15) is 5.54 Å². The van der Waals surface area contributed by atoms with E-state index in [1.54, 1.807) is 0 Å². The molecule has 4 heteroatoms. The lowest BCUT2D eigenvalue weighted by molar-refractivity contribution is -0.157. The molecule has 0 aromatic heterocycles. The van der Waals surface area contributed by atoms with Gasteiger partial charge in [0.25, 0.3) is 0 Å². The number of esters is 1. The summed E-state index contributed by atoms with van der Waals surface area (Å²) in [4.78, 5) is 12.1. The predicted molar refractivity (Wildman–Crippen MR) is 69.3 cm³/mol. The van der Waals surface area contributed by atoms with E-state index < -0.39 is 5.54 Å². The first kappa shape index (κ1) is 13.8. The summed E-state index contributed by atoms with van der Waals surface area (Å²) in [5.74, 6) is 1.06. The Balaban J connectivity index is 2.04. The molecule has 104 valence electrons. The topological polar surface area (TPSA) is 47.6 Å². The van der Waals surface area contributed by atoms with Gasteiger partial charge in [0, 0.05) is 13.0 Å². The summed E-state index contributed by atoms with van der Waals surface area (Å²) < 4.78 is 10.8. The van der Waals surface area contributed by atoms with Gasteiger partial charge in [-0.05, 0) is 37.6 Å². The van der Waals surface area contributed by atoms with Gasteiger partial charge in [-0.25, -0.2) is 0 Å². The van der Waals surface area contributed by atoms with Crippen LogP contribution in [0.25, 0.3) is 0 Å². The first-order chi connectivity index (χ1) is 8.57. The molecule has 2 atom stereocenters. The van der Waals surface area contributed by atoms with E-state index in [0.29, 0.717) is 12.5 Å². The third-order valence-corrected chi connectivity index (χ3v) is 4.16. The van der Waals surface area contributed by atoms with Gasteiger partial charge >= 0.3 is 5.97 Å². The molecular formula is C14H25NO3. The number of hydrogen-bond donors (Lipinski definition) is 1. The van der Waals surface area contributed by atoms with E-state index in [2.05, 4.69) is 19.2 Å². The third kappa shape index (κ3) is 3.04. The Labute approximate surface area is 109 Å². The number of hydrogen-bond acceptors (Lipinski definition) is 4. The zero-order chi connectivity index (χ0) is 13.2. The minimum Gasteiger partial charge on any atom is -0.468 e. The second-order valence-electron chi connectivity index (χ2n) is 6.01. The normalized spacial score (nSPS) is 32.6. The highest BCUT2D eigenvalue weighted by Crippen LogP contribution is 2.33. The van der Waals surface area contributed by atoms with Crippen LogP contribution in [0.15, 0.2) is 0 Å². The lowest BCUT2D eigenvalue weighted by atomic mass is 9.83. The second kappa shape index (κ2) is 5.57.